The summed E-state index contributed by atoms with van der Waals surface area (Å²) >= 11 is 6.03. The lowest BCUT2D eigenvalue weighted by Gasteiger charge is -2.12. The normalized spacial score (nSPS) is 10.4. The van der Waals surface area contributed by atoms with Crippen LogP contribution in [-0.2, 0) is 11.3 Å². The average molecular weight is 343 g/mol. The number of hydrogen-bond donors (Lipinski definition) is 1. The average Bonchev–Trinajstić information content (AvgIpc) is 3.14. The lowest BCUT2D eigenvalue weighted by atomic mass is 10.2. The predicted octanol–water partition coefficient (Wildman–Crippen LogP) is 2.62. The van der Waals surface area contributed by atoms with Gasteiger partial charge in [-0.2, -0.15) is 0 Å². The van der Waals surface area contributed by atoms with Crippen molar-refractivity contribution < 1.29 is 9.53 Å². The number of carbonyl (C=O) groups excluding carboxylic acids is 1. The third-order valence-corrected chi connectivity index (χ3v) is 3.54. The van der Waals surface area contributed by atoms with Crippen molar-refractivity contribution in [2.75, 3.05) is 6.61 Å². The van der Waals surface area contributed by atoms with Gasteiger partial charge in [0.15, 0.2) is 6.61 Å². The summed E-state index contributed by atoms with van der Waals surface area (Å²) in [6, 6.07) is 14.8. The third-order valence-electron chi connectivity index (χ3n) is 3.31. The van der Waals surface area contributed by atoms with E-state index in [9.17, 15) is 4.79 Å². The Labute approximate surface area is 144 Å². The first-order valence-electron chi connectivity index (χ1n) is 7.30. The van der Waals surface area contributed by atoms with Crippen LogP contribution >= 0.6 is 11.6 Å². The quantitative estimate of drug-likeness (QED) is 0.747. The second-order valence-electron chi connectivity index (χ2n) is 5.03. The van der Waals surface area contributed by atoms with Crippen molar-refractivity contribution in [1.29, 1.82) is 0 Å². The van der Waals surface area contributed by atoms with Gasteiger partial charge in [0, 0.05) is 11.6 Å². The molecule has 0 spiro atoms. The first-order valence-corrected chi connectivity index (χ1v) is 7.68. The molecule has 1 N–H and O–H groups in total. The molecule has 3 aromatic rings. The van der Waals surface area contributed by atoms with Crippen molar-refractivity contribution >= 4 is 17.5 Å². The molecule has 0 unspecified atom stereocenters. The van der Waals surface area contributed by atoms with Crippen LogP contribution in [0.25, 0.3) is 5.69 Å². The summed E-state index contributed by atoms with van der Waals surface area (Å²) in [6.45, 7) is 0.367. The maximum Gasteiger partial charge on any atom is 0.258 e. The van der Waals surface area contributed by atoms with E-state index in [1.54, 1.807) is 22.8 Å². The van der Waals surface area contributed by atoms with E-state index in [0.29, 0.717) is 23.0 Å². The molecule has 0 saturated heterocycles. The minimum absolute atomic E-state index is 0.0937. The van der Waals surface area contributed by atoms with E-state index in [-0.39, 0.29) is 12.5 Å². The van der Waals surface area contributed by atoms with E-state index >= 15 is 0 Å². The number of benzene rings is 2. The minimum Gasteiger partial charge on any atom is -0.482 e. The van der Waals surface area contributed by atoms with E-state index < -0.39 is 0 Å². The SMILES string of the molecule is O=C(COc1ccc(Cl)cc1-n1cnnc1)NCc1ccccc1. The van der Waals surface area contributed by atoms with Gasteiger partial charge < -0.3 is 10.1 Å². The Morgan fingerprint density at radius 1 is 1.12 bits per heavy atom. The molecule has 0 radical (unpaired) electrons. The zero-order chi connectivity index (χ0) is 16.8. The summed E-state index contributed by atoms with van der Waals surface area (Å²) < 4.78 is 7.29. The zero-order valence-corrected chi connectivity index (χ0v) is 13.5. The van der Waals surface area contributed by atoms with Gasteiger partial charge in [0.05, 0.1) is 5.69 Å². The monoisotopic (exact) mass is 342 g/mol. The highest BCUT2D eigenvalue weighted by Crippen LogP contribution is 2.26. The molecule has 0 saturated carbocycles. The molecule has 24 heavy (non-hydrogen) atoms. The highest BCUT2D eigenvalue weighted by atomic mass is 35.5. The number of carbonyl (C=O) groups is 1. The maximum absolute atomic E-state index is 12.0. The van der Waals surface area contributed by atoms with Crippen LogP contribution in [0.1, 0.15) is 5.56 Å². The molecular formula is C17H15ClN4O2. The highest BCUT2D eigenvalue weighted by Gasteiger charge is 2.09. The number of hydrogen-bond acceptors (Lipinski definition) is 4. The number of aromatic nitrogens is 3. The van der Waals surface area contributed by atoms with Crippen molar-refractivity contribution in [3.63, 3.8) is 0 Å². The van der Waals surface area contributed by atoms with E-state index in [1.165, 1.54) is 12.7 Å². The van der Waals surface area contributed by atoms with E-state index in [2.05, 4.69) is 15.5 Å². The number of halogens is 1. The van der Waals surface area contributed by atoms with E-state index in [0.717, 1.165) is 5.56 Å². The van der Waals surface area contributed by atoms with E-state index in [1.807, 2.05) is 30.3 Å². The molecule has 3 rings (SSSR count). The largest absolute Gasteiger partial charge is 0.482 e. The number of ether oxygens (including phenoxy) is 1. The Bertz CT molecular complexity index is 807. The van der Waals surface area contributed by atoms with Crippen molar-refractivity contribution in [2.24, 2.45) is 0 Å². The zero-order valence-electron chi connectivity index (χ0n) is 12.7. The summed E-state index contributed by atoms with van der Waals surface area (Å²) in [6.07, 6.45) is 3.07. The Morgan fingerprint density at radius 3 is 2.62 bits per heavy atom. The Kier molecular flexibility index (Phi) is 5.08. The molecular weight excluding hydrogens is 328 g/mol. The van der Waals surface area contributed by atoms with Crippen LogP contribution in [0.5, 0.6) is 5.75 Å². The minimum atomic E-state index is -0.205. The van der Waals surface area contributed by atoms with Crippen LogP contribution < -0.4 is 10.1 Å². The van der Waals surface area contributed by atoms with E-state index in [4.69, 9.17) is 16.3 Å². The van der Waals surface area contributed by atoms with Gasteiger partial charge in [-0.25, -0.2) is 0 Å². The molecule has 0 bridgehead atoms. The number of amides is 1. The second kappa shape index (κ2) is 7.61. The molecule has 1 heterocycles. The molecule has 122 valence electrons. The summed E-state index contributed by atoms with van der Waals surface area (Å²) in [5, 5.41) is 10.9. The van der Waals surface area contributed by atoms with Crippen molar-refractivity contribution in [2.45, 2.75) is 6.54 Å². The molecule has 6 nitrogen and oxygen atoms in total. The van der Waals surface area contributed by atoms with Crippen LogP contribution in [0.2, 0.25) is 5.02 Å². The van der Waals surface area contributed by atoms with Crippen LogP contribution in [0, 0.1) is 0 Å². The summed E-state index contributed by atoms with van der Waals surface area (Å²) in [7, 11) is 0. The van der Waals surface area contributed by atoms with Gasteiger partial charge in [-0.15, -0.1) is 10.2 Å². The van der Waals surface area contributed by atoms with Crippen LogP contribution in [0.4, 0.5) is 0 Å². The Hall–Kier alpha value is -2.86. The second-order valence-corrected chi connectivity index (χ2v) is 5.47. The van der Waals surface area contributed by atoms with Crippen LogP contribution in [0.3, 0.4) is 0 Å². The van der Waals surface area contributed by atoms with Gasteiger partial charge in [-0.1, -0.05) is 41.9 Å². The number of nitrogens with one attached hydrogen (secondary N) is 1. The summed E-state index contributed by atoms with van der Waals surface area (Å²) in [5.41, 5.74) is 1.70. The van der Waals surface area contributed by atoms with Crippen LogP contribution in [0.15, 0.2) is 61.2 Å². The fourth-order valence-corrected chi connectivity index (χ4v) is 2.30. The molecule has 0 aliphatic carbocycles. The molecule has 0 atom stereocenters. The van der Waals surface area contributed by atoms with Crippen molar-refractivity contribution in [3.8, 4) is 11.4 Å². The van der Waals surface area contributed by atoms with Gasteiger partial charge in [-0.3, -0.25) is 9.36 Å². The molecule has 2 aromatic carbocycles. The topological polar surface area (TPSA) is 69.0 Å². The van der Waals surface area contributed by atoms with Crippen LogP contribution in [-0.4, -0.2) is 27.3 Å². The van der Waals surface area contributed by atoms with Gasteiger partial charge in [-0.05, 0) is 23.8 Å². The summed E-state index contributed by atoms with van der Waals surface area (Å²) in [4.78, 5) is 12.0. The van der Waals surface area contributed by atoms with Gasteiger partial charge >= 0.3 is 0 Å². The molecule has 0 aliphatic heterocycles. The molecule has 0 aliphatic rings. The predicted molar refractivity (Wildman–Crippen MR) is 90.2 cm³/mol. The Balaban J connectivity index is 1.61. The van der Waals surface area contributed by atoms with Crippen molar-refractivity contribution in [1.82, 2.24) is 20.1 Å². The fraction of sp³-hybridized carbons (Fsp3) is 0.118. The third kappa shape index (κ3) is 4.11. The maximum atomic E-state index is 12.0. The van der Waals surface area contributed by atoms with Crippen molar-refractivity contribution in [3.05, 3.63) is 71.8 Å². The standard InChI is InChI=1S/C17H15ClN4O2/c18-14-6-7-16(15(8-14)22-11-20-21-12-22)24-10-17(23)19-9-13-4-2-1-3-5-13/h1-8,11-12H,9-10H2,(H,19,23). The number of nitrogens with zero attached hydrogens (tertiary/aromatic N) is 3. The molecule has 1 aromatic heterocycles. The van der Waals surface area contributed by atoms with Gasteiger partial charge in [0.1, 0.15) is 18.4 Å². The number of rotatable bonds is 6. The first-order chi connectivity index (χ1) is 11.7. The Morgan fingerprint density at radius 2 is 1.88 bits per heavy atom. The fourth-order valence-electron chi connectivity index (χ4n) is 2.13. The lowest BCUT2D eigenvalue weighted by Crippen LogP contribution is -2.28. The van der Waals surface area contributed by atoms with Gasteiger partial charge in [0.25, 0.3) is 5.91 Å². The lowest BCUT2D eigenvalue weighted by molar-refractivity contribution is -0.123. The summed E-state index contributed by atoms with van der Waals surface area (Å²) in [5.74, 6) is 0.317. The molecule has 1 amide bonds. The molecule has 0 fully saturated rings. The first kappa shape index (κ1) is 16.0. The highest BCUT2D eigenvalue weighted by molar-refractivity contribution is 6.30. The van der Waals surface area contributed by atoms with Gasteiger partial charge in [0.2, 0.25) is 0 Å². The molecule has 7 heteroatoms. The smallest absolute Gasteiger partial charge is 0.258 e.